The Morgan fingerprint density at radius 2 is 1.97 bits per heavy atom. The van der Waals surface area contributed by atoms with Gasteiger partial charge in [0.05, 0.1) is 18.7 Å². The van der Waals surface area contributed by atoms with Gasteiger partial charge in [0.2, 0.25) is 0 Å². The van der Waals surface area contributed by atoms with Gasteiger partial charge in [0.25, 0.3) is 0 Å². The van der Waals surface area contributed by atoms with Gasteiger partial charge in [0, 0.05) is 34.2 Å². The fourth-order valence-corrected chi connectivity index (χ4v) is 5.30. The highest BCUT2D eigenvalue weighted by Crippen LogP contribution is 2.47. The lowest BCUT2D eigenvalue weighted by Crippen LogP contribution is -2.23. The van der Waals surface area contributed by atoms with Crippen molar-refractivity contribution < 1.29 is 9.13 Å². The number of halogens is 3. The third kappa shape index (κ3) is 3.71. The zero-order valence-corrected chi connectivity index (χ0v) is 19.1. The van der Waals surface area contributed by atoms with E-state index in [1.54, 1.807) is 25.4 Å². The Bertz CT molecular complexity index is 1280. The molecule has 0 radical (unpaired) electrons. The minimum atomic E-state index is -0.296. The Morgan fingerprint density at radius 1 is 1.16 bits per heavy atom. The Morgan fingerprint density at radius 3 is 2.74 bits per heavy atom. The second kappa shape index (κ2) is 8.23. The van der Waals surface area contributed by atoms with Crippen molar-refractivity contribution in [2.24, 2.45) is 0 Å². The van der Waals surface area contributed by atoms with Gasteiger partial charge < -0.3 is 4.74 Å². The summed E-state index contributed by atoms with van der Waals surface area (Å²) in [5, 5.41) is 1.66. The van der Waals surface area contributed by atoms with Crippen molar-refractivity contribution in [3.63, 3.8) is 0 Å². The molecule has 1 unspecified atom stereocenters. The van der Waals surface area contributed by atoms with Crippen LogP contribution in [-0.4, -0.2) is 17.0 Å². The molecule has 0 amide bonds. The van der Waals surface area contributed by atoms with Crippen molar-refractivity contribution in [2.75, 3.05) is 7.11 Å². The second-order valence-corrected chi connectivity index (χ2v) is 8.90. The molecule has 1 aromatic heterocycles. The van der Waals surface area contributed by atoms with E-state index < -0.39 is 0 Å². The quantitative estimate of drug-likeness (QED) is 0.306. The van der Waals surface area contributed by atoms with Crippen LogP contribution in [0.2, 0.25) is 5.02 Å². The van der Waals surface area contributed by atoms with Crippen LogP contribution in [0.15, 0.2) is 71.3 Å². The van der Waals surface area contributed by atoms with Gasteiger partial charge in [0.1, 0.15) is 11.6 Å². The van der Waals surface area contributed by atoms with Gasteiger partial charge in [0.15, 0.2) is 0 Å². The van der Waals surface area contributed by atoms with E-state index in [1.807, 2.05) is 24.3 Å². The molecule has 0 spiro atoms. The lowest BCUT2D eigenvalue weighted by molar-refractivity contribution is 0.234. The molecule has 0 saturated heterocycles. The largest absolute Gasteiger partial charge is 0.497 e. The van der Waals surface area contributed by atoms with E-state index in [4.69, 9.17) is 16.3 Å². The van der Waals surface area contributed by atoms with Crippen LogP contribution in [0, 0.1) is 5.82 Å². The number of methoxy groups -OCH3 is 1. The summed E-state index contributed by atoms with van der Waals surface area (Å²) in [6.45, 7) is 1.39. The van der Waals surface area contributed by atoms with Crippen LogP contribution in [0.1, 0.15) is 28.3 Å². The molecule has 31 heavy (non-hydrogen) atoms. The summed E-state index contributed by atoms with van der Waals surface area (Å²) in [5.74, 6) is 0.522. The van der Waals surface area contributed by atoms with Crippen molar-refractivity contribution in [3.8, 4) is 5.75 Å². The topological polar surface area (TPSA) is 25.4 Å². The fourth-order valence-electron chi connectivity index (χ4n) is 4.41. The van der Waals surface area contributed by atoms with Crippen LogP contribution < -0.4 is 4.74 Å². The Kier molecular flexibility index (Phi) is 5.42. The maximum Gasteiger partial charge on any atom is 0.123 e. The van der Waals surface area contributed by atoms with Crippen LogP contribution >= 0.6 is 27.5 Å². The van der Waals surface area contributed by atoms with E-state index in [2.05, 4.69) is 44.0 Å². The fraction of sp³-hybridized carbons (Fsp3) is 0.160. The lowest BCUT2D eigenvalue weighted by atomic mass is 9.95. The van der Waals surface area contributed by atoms with Gasteiger partial charge in [-0.3, -0.25) is 9.88 Å². The number of pyridine rings is 1. The normalized spacial score (nSPS) is 15.9. The first kappa shape index (κ1) is 20.4. The third-order valence-electron chi connectivity index (χ3n) is 5.81. The molecule has 5 rings (SSSR count). The number of aromatic nitrogens is 1. The summed E-state index contributed by atoms with van der Waals surface area (Å²) in [7, 11) is 1.66. The molecule has 3 aromatic carbocycles. The minimum Gasteiger partial charge on any atom is -0.497 e. The van der Waals surface area contributed by atoms with Gasteiger partial charge >= 0.3 is 0 Å². The SMILES string of the molecule is COc1ccc(CN2Cc3c(c(Br)cc4ncccc34)C2c2cc(F)ccc2Cl)cc1. The van der Waals surface area contributed by atoms with Crippen molar-refractivity contribution in [1.82, 2.24) is 9.88 Å². The molecule has 2 heterocycles. The number of ether oxygens (including phenoxy) is 1. The van der Waals surface area contributed by atoms with E-state index in [1.165, 1.54) is 11.6 Å². The molecule has 0 aliphatic carbocycles. The highest BCUT2D eigenvalue weighted by atomic mass is 79.9. The van der Waals surface area contributed by atoms with E-state index in [0.717, 1.165) is 37.8 Å². The molecular weight excluding hydrogens is 479 g/mol. The van der Waals surface area contributed by atoms with Gasteiger partial charge in [-0.1, -0.05) is 45.7 Å². The van der Waals surface area contributed by atoms with Gasteiger partial charge in [-0.25, -0.2) is 4.39 Å². The summed E-state index contributed by atoms with van der Waals surface area (Å²) in [6, 6.07) is 18.5. The average molecular weight is 498 g/mol. The summed E-state index contributed by atoms with van der Waals surface area (Å²) < 4.78 is 20.5. The highest BCUT2D eigenvalue weighted by molar-refractivity contribution is 9.10. The van der Waals surface area contributed by atoms with E-state index in [-0.39, 0.29) is 11.9 Å². The van der Waals surface area contributed by atoms with E-state index >= 15 is 0 Å². The van der Waals surface area contributed by atoms with Gasteiger partial charge in [-0.2, -0.15) is 0 Å². The molecule has 1 aliphatic rings. The summed E-state index contributed by atoms with van der Waals surface area (Å²) in [5.41, 5.74) is 5.14. The third-order valence-corrected chi connectivity index (χ3v) is 6.81. The highest BCUT2D eigenvalue weighted by Gasteiger charge is 2.36. The first-order chi connectivity index (χ1) is 15.0. The molecule has 0 fully saturated rings. The van der Waals surface area contributed by atoms with E-state index in [0.29, 0.717) is 18.1 Å². The molecule has 0 bridgehead atoms. The van der Waals surface area contributed by atoms with Crippen molar-refractivity contribution in [1.29, 1.82) is 0 Å². The molecule has 3 nitrogen and oxygen atoms in total. The van der Waals surface area contributed by atoms with Crippen LogP contribution in [0.5, 0.6) is 5.75 Å². The Hall–Kier alpha value is -2.47. The van der Waals surface area contributed by atoms with Crippen molar-refractivity contribution in [3.05, 3.63) is 104 Å². The number of nitrogens with zero attached hydrogens (tertiary/aromatic N) is 2. The molecule has 6 heteroatoms. The number of hydrogen-bond donors (Lipinski definition) is 0. The van der Waals surface area contributed by atoms with E-state index in [9.17, 15) is 4.39 Å². The first-order valence-corrected chi connectivity index (χ1v) is 11.1. The summed E-state index contributed by atoms with van der Waals surface area (Å²) in [4.78, 5) is 6.85. The molecule has 1 atom stereocenters. The second-order valence-electron chi connectivity index (χ2n) is 7.64. The molecule has 4 aromatic rings. The lowest BCUT2D eigenvalue weighted by Gasteiger charge is -2.27. The van der Waals surface area contributed by atoms with Gasteiger partial charge in [-0.15, -0.1) is 0 Å². The van der Waals surface area contributed by atoms with Gasteiger partial charge in [-0.05, 0) is 64.7 Å². The smallest absolute Gasteiger partial charge is 0.123 e. The zero-order valence-electron chi connectivity index (χ0n) is 16.8. The monoisotopic (exact) mass is 496 g/mol. The van der Waals surface area contributed by atoms with Crippen molar-refractivity contribution in [2.45, 2.75) is 19.1 Å². The van der Waals surface area contributed by atoms with Crippen LogP contribution in [0.4, 0.5) is 4.39 Å². The number of hydrogen-bond acceptors (Lipinski definition) is 3. The number of fused-ring (bicyclic) bond motifs is 3. The predicted octanol–water partition coefficient (Wildman–Crippen LogP) is 6.90. The first-order valence-electron chi connectivity index (χ1n) is 9.93. The summed E-state index contributed by atoms with van der Waals surface area (Å²) >= 11 is 10.3. The average Bonchev–Trinajstić information content (AvgIpc) is 3.16. The molecule has 1 aliphatic heterocycles. The minimum absolute atomic E-state index is 0.181. The van der Waals surface area contributed by atoms with Crippen LogP contribution in [0.25, 0.3) is 10.9 Å². The molecular formula is C25H19BrClFN2O. The van der Waals surface area contributed by atoms with Crippen molar-refractivity contribution >= 4 is 38.4 Å². The number of benzene rings is 3. The Balaban J connectivity index is 1.66. The maximum atomic E-state index is 14.3. The molecule has 156 valence electrons. The maximum absolute atomic E-state index is 14.3. The number of rotatable bonds is 4. The van der Waals surface area contributed by atoms with Crippen LogP contribution in [-0.2, 0) is 13.1 Å². The Labute approximate surface area is 193 Å². The van der Waals surface area contributed by atoms with Crippen LogP contribution in [0.3, 0.4) is 0 Å². The zero-order chi connectivity index (χ0) is 21.5. The molecule has 0 N–H and O–H groups in total. The summed E-state index contributed by atoms with van der Waals surface area (Å²) in [6.07, 6.45) is 1.80. The molecule has 0 saturated carbocycles. The predicted molar refractivity (Wildman–Crippen MR) is 125 cm³/mol. The standard InChI is InChI=1S/C25H19BrClFN2O/c1-31-17-7-4-15(5-8-17)13-30-14-20-18-3-2-10-29-23(18)12-21(26)24(20)25(30)19-11-16(28)6-9-22(19)27/h2-12,25H,13-14H2,1H3.